The van der Waals surface area contributed by atoms with Crippen LogP contribution >= 0.6 is 0 Å². The second-order valence-corrected chi connectivity index (χ2v) is 12.8. The maximum atomic E-state index is 6.69. The Morgan fingerprint density at radius 1 is 0.828 bits per heavy atom. The topological polar surface area (TPSA) is 30.2 Å². The molecule has 2 aromatic heterocycles. The Bertz CT molecular complexity index is 1460. The number of furan rings is 1. The molecule has 6 rings (SSSR count). The van der Waals surface area contributed by atoms with Crippen molar-refractivity contribution >= 4 is 40.6 Å². The van der Waals surface area contributed by atoms with Crippen molar-refractivity contribution in [1.29, 1.82) is 0 Å². The molecule has 0 radical (unpaired) electrons. The predicted octanol–water partition coefficient (Wildman–Crippen LogP) is 4.78. The van der Waals surface area contributed by atoms with Gasteiger partial charge in [0.05, 0.1) is 0 Å². The number of hydrogen-bond acceptors (Lipinski definition) is 2. The molecule has 1 aliphatic rings. The lowest BCUT2D eigenvalue weighted by atomic mass is 10.0. The zero-order valence-corrected chi connectivity index (χ0v) is 18.0. The molecule has 0 saturated carbocycles. The molecule has 142 valence electrons. The highest BCUT2D eigenvalue weighted by atomic mass is 28.3. The number of aromatic nitrogens is 1. The molecule has 3 nitrogen and oxygen atoms in total. The fourth-order valence-corrected chi connectivity index (χ4v) is 7.80. The minimum atomic E-state index is -1.86. The van der Waals surface area contributed by atoms with Crippen LogP contribution in [0.1, 0.15) is 5.56 Å². The van der Waals surface area contributed by atoms with Gasteiger partial charge in [0.15, 0.2) is 19.0 Å². The molecule has 0 aliphatic carbocycles. The van der Waals surface area contributed by atoms with E-state index in [-0.39, 0.29) is 0 Å². The van der Waals surface area contributed by atoms with Gasteiger partial charge in [-0.05, 0) is 29.8 Å². The minimum absolute atomic E-state index is 0.882. The van der Waals surface area contributed by atoms with E-state index < -0.39 is 8.07 Å². The largest absolute Gasteiger partial charge is 0.455 e. The molecule has 4 heteroatoms. The van der Waals surface area contributed by atoms with E-state index in [4.69, 9.17) is 8.83 Å². The maximum Gasteiger partial charge on any atom is 0.384 e. The molecule has 0 saturated heterocycles. The first-order valence-corrected chi connectivity index (χ1v) is 13.0. The highest BCUT2D eigenvalue weighted by molar-refractivity contribution is 7.02. The summed E-state index contributed by atoms with van der Waals surface area (Å²) in [7, 11) is 0.257. The van der Waals surface area contributed by atoms with Gasteiger partial charge in [-0.25, -0.2) is 0 Å². The summed E-state index contributed by atoms with van der Waals surface area (Å²) in [5.74, 6) is 0.882. The number of oxazole rings is 1. The zero-order chi connectivity index (χ0) is 19.9. The van der Waals surface area contributed by atoms with E-state index in [1.54, 1.807) is 0 Å². The molecule has 3 aromatic carbocycles. The molecular formula is C25H22NO2Si+. The Balaban J connectivity index is 1.71. The summed E-state index contributed by atoms with van der Waals surface area (Å²) < 4.78 is 15.3. The van der Waals surface area contributed by atoms with Gasteiger partial charge in [0.25, 0.3) is 0 Å². The number of nitrogens with zero attached hydrogens (tertiary/aromatic N) is 1. The Morgan fingerprint density at radius 2 is 1.59 bits per heavy atom. The summed E-state index contributed by atoms with van der Waals surface area (Å²) in [6.45, 7) is 6.88. The van der Waals surface area contributed by atoms with Gasteiger partial charge in [0.2, 0.25) is 5.69 Å². The van der Waals surface area contributed by atoms with Crippen LogP contribution < -0.4 is 15.1 Å². The van der Waals surface area contributed by atoms with Crippen LogP contribution in [-0.4, -0.2) is 8.07 Å². The summed E-state index contributed by atoms with van der Waals surface area (Å²) in [6, 6.07) is 21.3. The van der Waals surface area contributed by atoms with Crippen LogP contribution in [0.2, 0.25) is 13.1 Å². The van der Waals surface area contributed by atoms with Crippen molar-refractivity contribution < 1.29 is 13.4 Å². The van der Waals surface area contributed by atoms with Crippen molar-refractivity contribution in [3.8, 4) is 22.7 Å². The second kappa shape index (κ2) is 5.48. The van der Waals surface area contributed by atoms with E-state index in [0.717, 1.165) is 44.3 Å². The first-order valence-electron chi connectivity index (χ1n) is 10.0. The van der Waals surface area contributed by atoms with Gasteiger partial charge in [-0.2, -0.15) is 4.57 Å². The van der Waals surface area contributed by atoms with Crippen molar-refractivity contribution in [2.24, 2.45) is 7.05 Å². The summed E-state index contributed by atoms with van der Waals surface area (Å²) in [4.78, 5) is 0. The van der Waals surface area contributed by atoms with Crippen molar-refractivity contribution in [3.05, 3.63) is 66.2 Å². The van der Waals surface area contributed by atoms with Crippen LogP contribution in [0.3, 0.4) is 0 Å². The van der Waals surface area contributed by atoms with Gasteiger partial charge in [-0.3, -0.25) is 0 Å². The highest BCUT2D eigenvalue weighted by Gasteiger charge is 2.48. The van der Waals surface area contributed by atoms with Gasteiger partial charge in [-0.15, -0.1) is 0 Å². The molecule has 3 heterocycles. The molecule has 0 atom stereocenters. The first-order chi connectivity index (χ1) is 14.0. The number of hydrogen-bond donors (Lipinski definition) is 0. The van der Waals surface area contributed by atoms with Crippen LogP contribution in [0.25, 0.3) is 44.7 Å². The van der Waals surface area contributed by atoms with E-state index >= 15 is 0 Å². The smallest absolute Gasteiger partial charge is 0.384 e. The van der Waals surface area contributed by atoms with E-state index in [2.05, 4.69) is 80.2 Å². The van der Waals surface area contributed by atoms with E-state index in [1.807, 2.05) is 12.1 Å². The van der Waals surface area contributed by atoms with E-state index in [0.29, 0.717) is 0 Å². The van der Waals surface area contributed by atoms with Gasteiger partial charge in [0.1, 0.15) is 18.2 Å². The van der Waals surface area contributed by atoms with Gasteiger partial charge < -0.3 is 8.83 Å². The minimum Gasteiger partial charge on any atom is -0.455 e. The Morgan fingerprint density at radius 3 is 2.45 bits per heavy atom. The predicted molar refractivity (Wildman–Crippen MR) is 120 cm³/mol. The standard InChI is InChI=1S/C25H22NO2Si/c1-15-13-14-17-16-9-5-7-11-19(16)27-23(17)21(15)24-26(2)22-18-10-6-8-12-20(18)29(3,4)25(22)28-24/h5-14H,1-4H3/q+1. The fraction of sp³-hybridized carbons (Fsp3) is 0.160. The Kier molecular flexibility index (Phi) is 3.18. The molecule has 0 N–H and O–H groups in total. The third kappa shape index (κ3) is 2.04. The van der Waals surface area contributed by atoms with Crippen molar-refractivity contribution in [1.82, 2.24) is 0 Å². The summed E-state index contributed by atoms with van der Waals surface area (Å²) in [5.41, 5.74) is 6.56. The average Bonchev–Trinajstić information content (AvgIpc) is 3.32. The molecule has 5 aromatic rings. The molecule has 0 amide bonds. The quantitative estimate of drug-likeness (QED) is 0.301. The van der Waals surface area contributed by atoms with E-state index in [1.165, 1.54) is 16.4 Å². The fourth-order valence-electron chi connectivity index (χ4n) is 4.92. The highest BCUT2D eigenvalue weighted by Crippen LogP contribution is 2.38. The van der Waals surface area contributed by atoms with Gasteiger partial charge in [-0.1, -0.05) is 61.6 Å². The molecular weight excluding hydrogens is 374 g/mol. The lowest BCUT2D eigenvalue weighted by molar-refractivity contribution is -0.651. The molecule has 0 fully saturated rings. The van der Waals surface area contributed by atoms with Crippen LogP contribution in [0.15, 0.2) is 69.5 Å². The van der Waals surface area contributed by atoms with Crippen LogP contribution in [0.5, 0.6) is 0 Å². The third-order valence-electron chi connectivity index (χ3n) is 6.45. The molecule has 29 heavy (non-hydrogen) atoms. The normalized spacial score (nSPS) is 14.5. The van der Waals surface area contributed by atoms with Gasteiger partial charge in [0, 0.05) is 16.3 Å². The number of rotatable bonds is 1. The van der Waals surface area contributed by atoms with Crippen LogP contribution in [0.4, 0.5) is 0 Å². The Hall–Kier alpha value is -3.11. The van der Waals surface area contributed by atoms with Crippen LogP contribution in [-0.2, 0) is 7.05 Å². The number of benzene rings is 3. The lowest BCUT2D eigenvalue weighted by Crippen LogP contribution is -2.49. The zero-order valence-electron chi connectivity index (χ0n) is 17.0. The summed E-state index contributed by atoms with van der Waals surface area (Å²) >= 11 is 0. The summed E-state index contributed by atoms with van der Waals surface area (Å²) in [6.07, 6.45) is 0. The second-order valence-electron chi connectivity index (χ2n) is 8.55. The monoisotopic (exact) mass is 396 g/mol. The number of aryl methyl sites for hydroxylation is 1. The van der Waals surface area contributed by atoms with Crippen LogP contribution in [0, 0.1) is 6.92 Å². The summed E-state index contributed by atoms with van der Waals surface area (Å²) in [5, 5.41) is 4.89. The molecule has 0 bridgehead atoms. The Labute approximate surface area is 170 Å². The first kappa shape index (κ1) is 16.8. The third-order valence-corrected chi connectivity index (χ3v) is 9.70. The van der Waals surface area contributed by atoms with Crippen molar-refractivity contribution in [2.45, 2.75) is 20.0 Å². The number of fused-ring (bicyclic) bond motifs is 6. The number of para-hydroxylation sites is 1. The molecule has 0 unspecified atom stereocenters. The molecule has 1 aliphatic heterocycles. The average molecular weight is 397 g/mol. The molecule has 0 spiro atoms. The lowest BCUT2D eigenvalue weighted by Gasteiger charge is -2.14. The SMILES string of the molecule is Cc1ccc2c(oc3ccccc32)c1-c1oc2c([n+]1C)-c1ccccc1[Si]2(C)C. The maximum absolute atomic E-state index is 6.69. The van der Waals surface area contributed by atoms with E-state index in [9.17, 15) is 0 Å². The van der Waals surface area contributed by atoms with Gasteiger partial charge >= 0.3 is 5.89 Å². The van der Waals surface area contributed by atoms with Crippen molar-refractivity contribution in [2.75, 3.05) is 0 Å². The van der Waals surface area contributed by atoms with Crippen molar-refractivity contribution in [3.63, 3.8) is 0 Å².